The fraction of sp³-hybridized carbons (Fsp3) is 0.273. The minimum atomic E-state index is -0.0244. The summed E-state index contributed by atoms with van der Waals surface area (Å²) < 4.78 is 5.40. The molecule has 0 unspecified atom stereocenters. The van der Waals surface area contributed by atoms with Crippen LogP contribution in [0.2, 0.25) is 0 Å². The maximum absolute atomic E-state index is 12.8. The number of Topliss-reactive ketones (excluding diaryl/α,β-unsaturated/α-hetero) is 1. The van der Waals surface area contributed by atoms with Crippen molar-refractivity contribution in [1.29, 1.82) is 0 Å². The van der Waals surface area contributed by atoms with Crippen LogP contribution in [-0.4, -0.2) is 23.2 Å². The van der Waals surface area contributed by atoms with Crippen LogP contribution in [0.5, 0.6) is 5.75 Å². The number of carbonyl (C=O) groups is 2. The number of thiophene rings is 2. The molecule has 0 saturated heterocycles. The van der Waals surface area contributed by atoms with Crippen molar-refractivity contribution in [3.8, 4) is 5.75 Å². The summed E-state index contributed by atoms with van der Waals surface area (Å²) in [5.41, 5.74) is 0.610. The third-order valence-electron chi connectivity index (χ3n) is 4.26. The van der Waals surface area contributed by atoms with E-state index in [-0.39, 0.29) is 24.5 Å². The van der Waals surface area contributed by atoms with Crippen LogP contribution < -0.4 is 4.74 Å². The molecule has 2 aromatic heterocycles. The second-order valence-electron chi connectivity index (χ2n) is 6.29. The van der Waals surface area contributed by atoms with Crippen molar-refractivity contribution in [3.05, 3.63) is 74.6 Å². The quantitative estimate of drug-likeness (QED) is 0.418. The van der Waals surface area contributed by atoms with Gasteiger partial charge in [-0.25, -0.2) is 0 Å². The summed E-state index contributed by atoms with van der Waals surface area (Å²) in [6, 6.07) is 15.1. The van der Waals surface area contributed by atoms with Crippen LogP contribution in [-0.2, 0) is 17.9 Å². The maximum atomic E-state index is 12.8. The van der Waals surface area contributed by atoms with Crippen molar-refractivity contribution >= 4 is 34.4 Å². The Balaban J connectivity index is 1.59. The summed E-state index contributed by atoms with van der Waals surface area (Å²) in [6.07, 6.45) is 0.418. The van der Waals surface area contributed by atoms with Crippen molar-refractivity contribution in [2.75, 3.05) is 6.61 Å². The molecule has 0 atom stereocenters. The predicted octanol–water partition coefficient (Wildman–Crippen LogP) is 5.40. The summed E-state index contributed by atoms with van der Waals surface area (Å²) in [5, 5.41) is 4.02. The minimum absolute atomic E-state index is 0.00101. The minimum Gasteiger partial charge on any atom is -0.494 e. The molecule has 0 aliphatic rings. The van der Waals surface area contributed by atoms with Gasteiger partial charge in [0, 0.05) is 28.2 Å². The number of ketones is 1. The Kier molecular flexibility index (Phi) is 7.39. The summed E-state index contributed by atoms with van der Waals surface area (Å²) in [7, 11) is 0. The molecular weight excluding hydrogens is 390 g/mol. The van der Waals surface area contributed by atoms with E-state index in [0.29, 0.717) is 25.3 Å². The van der Waals surface area contributed by atoms with Gasteiger partial charge in [-0.3, -0.25) is 9.59 Å². The average Bonchev–Trinajstić information content (AvgIpc) is 3.40. The first-order valence-electron chi connectivity index (χ1n) is 9.24. The van der Waals surface area contributed by atoms with Gasteiger partial charge in [-0.05, 0) is 54.1 Å². The predicted molar refractivity (Wildman–Crippen MR) is 114 cm³/mol. The third-order valence-corrected chi connectivity index (χ3v) is 5.98. The Bertz CT molecular complexity index is 835. The molecule has 0 spiro atoms. The fourth-order valence-corrected chi connectivity index (χ4v) is 4.28. The molecule has 4 nitrogen and oxygen atoms in total. The Labute approximate surface area is 173 Å². The molecule has 28 heavy (non-hydrogen) atoms. The normalized spacial score (nSPS) is 10.6. The van der Waals surface area contributed by atoms with Crippen LogP contribution in [0.25, 0.3) is 0 Å². The first kappa shape index (κ1) is 20.3. The molecule has 0 fully saturated rings. The van der Waals surface area contributed by atoms with Crippen molar-refractivity contribution in [2.45, 2.75) is 32.9 Å². The lowest BCUT2D eigenvalue weighted by atomic mass is 10.1. The van der Waals surface area contributed by atoms with E-state index in [9.17, 15) is 9.59 Å². The molecule has 0 aliphatic carbocycles. The van der Waals surface area contributed by atoms with Crippen LogP contribution in [0.1, 0.15) is 39.9 Å². The third kappa shape index (κ3) is 5.78. The van der Waals surface area contributed by atoms with Gasteiger partial charge in [-0.2, -0.15) is 0 Å². The van der Waals surface area contributed by atoms with E-state index in [1.54, 1.807) is 46.9 Å². The first-order chi connectivity index (χ1) is 13.7. The van der Waals surface area contributed by atoms with Gasteiger partial charge in [0.25, 0.3) is 0 Å². The largest absolute Gasteiger partial charge is 0.494 e. The monoisotopic (exact) mass is 413 g/mol. The Morgan fingerprint density at radius 2 is 1.50 bits per heavy atom. The van der Waals surface area contributed by atoms with Crippen molar-refractivity contribution in [1.82, 2.24) is 4.90 Å². The molecule has 1 amide bonds. The van der Waals surface area contributed by atoms with Gasteiger partial charge in [0.15, 0.2) is 5.78 Å². The second-order valence-corrected chi connectivity index (χ2v) is 8.35. The Hall–Kier alpha value is -2.44. The summed E-state index contributed by atoms with van der Waals surface area (Å²) >= 11 is 3.28. The van der Waals surface area contributed by atoms with Gasteiger partial charge in [0.1, 0.15) is 5.75 Å². The SMILES string of the molecule is CCOc1ccc(C(=O)CCC(=O)N(Cc2cccs2)Cc2cccs2)cc1. The number of amides is 1. The Morgan fingerprint density at radius 3 is 2.00 bits per heavy atom. The Morgan fingerprint density at radius 1 is 0.893 bits per heavy atom. The molecule has 0 aliphatic heterocycles. The number of nitrogens with zero attached hydrogens (tertiary/aromatic N) is 1. The van der Waals surface area contributed by atoms with Gasteiger partial charge in [0.2, 0.25) is 5.91 Å². The van der Waals surface area contributed by atoms with E-state index < -0.39 is 0 Å². The van der Waals surface area contributed by atoms with Crippen molar-refractivity contribution in [2.24, 2.45) is 0 Å². The van der Waals surface area contributed by atoms with Crippen molar-refractivity contribution < 1.29 is 14.3 Å². The molecule has 0 saturated carbocycles. The molecule has 1 aromatic carbocycles. The fourth-order valence-electron chi connectivity index (χ4n) is 2.84. The standard InChI is InChI=1S/C22H23NO3S2/c1-2-26-18-9-7-17(8-10-18)21(24)11-12-22(25)23(15-19-5-3-13-27-19)16-20-6-4-14-28-20/h3-10,13-14H,2,11-12,15-16H2,1H3. The lowest BCUT2D eigenvalue weighted by Gasteiger charge is -2.21. The lowest BCUT2D eigenvalue weighted by molar-refractivity contribution is -0.132. The second kappa shape index (κ2) is 10.2. The van der Waals surface area contributed by atoms with Crippen LogP contribution >= 0.6 is 22.7 Å². The average molecular weight is 414 g/mol. The highest BCUT2D eigenvalue weighted by atomic mass is 32.1. The van der Waals surface area contributed by atoms with E-state index in [4.69, 9.17) is 4.74 Å². The summed E-state index contributed by atoms with van der Waals surface area (Å²) in [6.45, 7) is 3.66. The van der Waals surface area contributed by atoms with Crippen LogP contribution in [0, 0.1) is 0 Å². The zero-order valence-corrected chi connectivity index (χ0v) is 17.4. The van der Waals surface area contributed by atoms with Crippen LogP contribution in [0.4, 0.5) is 0 Å². The van der Waals surface area contributed by atoms with Gasteiger partial charge >= 0.3 is 0 Å². The summed E-state index contributed by atoms with van der Waals surface area (Å²) in [4.78, 5) is 29.4. The molecule has 2 heterocycles. The smallest absolute Gasteiger partial charge is 0.223 e. The molecular formula is C22H23NO3S2. The highest BCUT2D eigenvalue weighted by Gasteiger charge is 2.17. The van der Waals surface area contributed by atoms with E-state index in [2.05, 4.69) is 0 Å². The van der Waals surface area contributed by atoms with Gasteiger partial charge < -0.3 is 9.64 Å². The number of hydrogen-bond acceptors (Lipinski definition) is 5. The molecule has 3 rings (SSSR count). The molecule has 0 bridgehead atoms. The number of benzene rings is 1. The zero-order valence-electron chi connectivity index (χ0n) is 15.8. The van der Waals surface area contributed by atoms with Gasteiger partial charge in [-0.15, -0.1) is 22.7 Å². The number of ether oxygens (including phenoxy) is 1. The summed E-state index contributed by atoms with van der Waals surface area (Å²) in [5.74, 6) is 0.720. The topological polar surface area (TPSA) is 46.6 Å². The lowest BCUT2D eigenvalue weighted by Crippen LogP contribution is -2.29. The zero-order chi connectivity index (χ0) is 19.8. The van der Waals surface area contributed by atoms with Gasteiger partial charge in [-0.1, -0.05) is 12.1 Å². The van der Waals surface area contributed by atoms with E-state index in [1.165, 1.54) is 0 Å². The van der Waals surface area contributed by atoms with Gasteiger partial charge in [0.05, 0.1) is 19.7 Å². The number of rotatable bonds is 10. The molecule has 6 heteroatoms. The van der Waals surface area contributed by atoms with E-state index in [0.717, 1.165) is 15.5 Å². The molecule has 146 valence electrons. The van der Waals surface area contributed by atoms with Crippen molar-refractivity contribution in [3.63, 3.8) is 0 Å². The molecule has 0 N–H and O–H groups in total. The van der Waals surface area contributed by atoms with Crippen LogP contribution in [0.3, 0.4) is 0 Å². The van der Waals surface area contributed by atoms with E-state index in [1.807, 2.05) is 46.8 Å². The molecule has 3 aromatic rings. The van der Waals surface area contributed by atoms with E-state index >= 15 is 0 Å². The molecule has 0 radical (unpaired) electrons. The highest BCUT2D eigenvalue weighted by Crippen LogP contribution is 2.19. The maximum Gasteiger partial charge on any atom is 0.223 e. The van der Waals surface area contributed by atoms with Crippen LogP contribution in [0.15, 0.2) is 59.3 Å². The highest BCUT2D eigenvalue weighted by molar-refractivity contribution is 7.10. The first-order valence-corrected chi connectivity index (χ1v) is 11.0. The number of carbonyl (C=O) groups excluding carboxylic acids is 2. The number of hydrogen-bond donors (Lipinski definition) is 0.